The first-order valence-electron chi connectivity index (χ1n) is 6.22. The van der Waals surface area contributed by atoms with E-state index < -0.39 is 14.4 Å². The van der Waals surface area contributed by atoms with Gasteiger partial charge in [-0.25, -0.2) is 0 Å². The van der Waals surface area contributed by atoms with Crippen molar-refractivity contribution in [1.29, 1.82) is 0 Å². The van der Waals surface area contributed by atoms with Gasteiger partial charge in [-0.15, -0.1) is 0 Å². The van der Waals surface area contributed by atoms with Crippen molar-refractivity contribution in [3.63, 3.8) is 0 Å². The van der Waals surface area contributed by atoms with Crippen molar-refractivity contribution < 1.29 is 19.0 Å². The second-order valence-corrected chi connectivity index (χ2v) is 11.0. The number of hydrogen-bond acceptors (Lipinski definition) is 4. The Hall–Kier alpha value is 0.0569. The van der Waals surface area contributed by atoms with E-state index in [1.54, 1.807) is 0 Å². The number of hydrogen-bond donors (Lipinski definition) is 1. The minimum atomic E-state index is -1.77. The van der Waals surface area contributed by atoms with Crippen molar-refractivity contribution >= 4 is 8.32 Å². The van der Waals surface area contributed by atoms with Crippen LogP contribution in [0.15, 0.2) is 0 Å². The predicted octanol–water partition coefficient (Wildman–Crippen LogP) is 2.13. The van der Waals surface area contributed by atoms with Gasteiger partial charge in [0.25, 0.3) is 0 Å². The topological polar surface area (TPSA) is 47.9 Å². The van der Waals surface area contributed by atoms with Gasteiger partial charge in [-0.3, -0.25) is 0 Å². The lowest BCUT2D eigenvalue weighted by Crippen LogP contribution is -2.49. The summed E-state index contributed by atoms with van der Waals surface area (Å²) in [5.74, 6) is 0. The molecular weight excluding hydrogens is 236 g/mol. The summed E-state index contributed by atoms with van der Waals surface area (Å²) in [6.45, 7) is 13.6. The van der Waals surface area contributed by atoms with Crippen molar-refractivity contribution in [2.45, 2.75) is 64.3 Å². The van der Waals surface area contributed by atoms with E-state index in [-0.39, 0.29) is 17.4 Å². The summed E-state index contributed by atoms with van der Waals surface area (Å²) >= 11 is 0. The zero-order valence-corrected chi connectivity index (χ0v) is 12.8. The molecule has 1 heterocycles. The van der Waals surface area contributed by atoms with Gasteiger partial charge < -0.3 is 19.0 Å². The fourth-order valence-electron chi connectivity index (χ4n) is 1.37. The van der Waals surface area contributed by atoms with Gasteiger partial charge in [0.1, 0.15) is 12.2 Å². The Morgan fingerprint density at radius 2 is 1.94 bits per heavy atom. The molecule has 0 saturated carbocycles. The zero-order chi connectivity index (χ0) is 13.3. The van der Waals surface area contributed by atoms with Gasteiger partial charge >= 0.3 is 0 Å². The van der Waals surface area contributed by atoms with Crippen molar-refractivity contribution in [2.75, 3.05) is 13.2 Å². The van der Waals surface area contributed by atoms with Crippen LogP contribution in [-0.2, 0) is 13.9 Å². The predicted molar refractivity (Wildman–Crippen MR) is 69.4 cm³/mol. The van der Waals surface area contributed by atoms with Gasteiger partial charge in [-0.05, 0) is 25.1 Å². The van der Waals surface area contributed by atoms with Gasteiger partial charge in [0.2, 0.25) is 0 Å². The quantitative estimate of drug-likeness (QED) is 0.792. The molecule has 5 heteroatoms. The van der Waals surface area contributed by atoms with E-state index in [0.29, 0.717) is 13.2 Å². The molecule has 1 aliphatic heterocycles. The van der Waals surface area contributed by atoms with Crippen LogP contribution in [0.1, 0.15) is 27.7 Å². The molecule has 0 aliphatic carbocycles. The molecule has 1 aliphatic rings. The molecule has 102 valence electrons. The lowest BCUT2D eigenvalue weighted by Gasteiger charge is -2.39. The highest BCUT2D eigenvalue weighted by atomic mass is 28.4. The van der Waals surface area contributed by atoms with Crippen LogP contribution in [-0.4, -0.2) is 45.1 Å². The standard InChI is InChI=1S/C12H26O4Si/c1-9-14-7-10(13)11(16-9)8-15-17(5,6)12(2,3)4/h9-11,13H,7-8H2,1-6H3. The van der Waals surface area contributed by atoms with E-state index in [4.69, 9.17) is 13.9 Å². The maximum Gasteiger partial charge on any atom is 0.192 e. The van der Waals surface area contributed by atoms with Crippen LogP contribution in [0.2, 0.25) is 18.1 Å². The summed E-state index contributed by atoms with van der Waals surface area (Å²) in [6, 6.07) is 0. The lowest BCUT2D eigenvalue weighted by molar-refractivity contribution is -0.249. The maximum atomic E-state index is 9.77. The average molecular weight is 262 g/mol. The normalized spacial score (nSPS) is 31.6. The van der Waals surface area contributed by atoms with Crippen LogP contribution in [0.5, 0.6) is 0 Å². The molecule has 1 rings (SSSR count). The zero-order valence-electron chi connectivity index (χ0n) is 11.8. The number of ether oxygens (including phenoxy) is 2. The minimum Gasteiger partial charge on any atom is -0.414 e. The molecule has 17 heavy (non-hydrogen) atoms. The van der Waals surface area contributed by atoms with Crippen LogP contribution >= 0.6 is 0 Å². The molecule has 3 unspecified atom stereocenters. The molecule has 3 atom stereocenters. The first-order chi connectivity index (χ1) is 7.63. The third kappa shape index (κ3) is 4.03. The van der Waals surface area contributed by atoms with Crippen LogP contribution in [0.4, 0.5) is 0 Å². The van der Waals surface area contributed by atoms with Gasteiger partial charge in [0, 0.05) is 0 Å². The summed E-state index contributed by atoms with van der Waals surface area (Å²) in [7, 11) is -1.77. The van der Waals surface area contributed by atoms with Gasteiger partial charge in [-0.2, -0.15) is 0 Å². The van der Waals surface area contributed by atoms with E-state index in [9.17, 15) is 5.11 Å². The Bertz CT molecular complexity index is 249. The van der Waals surface area contributed by atoms with E-state index in [2.05, 4.69) is 33.9 Å². The Labute approximate surface area is 105 Å². The van der Waals surface area contributed by atoms with E-state index in [1.807, 2.05) is 6.92 Å². The van der Waals surface area contributed by atoms with Crippen molar-refractivity contribution in [1.82, 2.24) is 0 Å². The average Bonchev–Trinajstić information content (AvgIpc) is 2.18. The second-order valence-electron chi connectivity index (χ2n) is 6.21. The lowest BCUT2D eigenvalue weighted by atomic mass is 10.2. The Balaban J connectivity index is 2.49. The molecule has 0 aromatic rings. The molecular formula is C12H26O4Si. The van der Waals surface area contributed by atoms with E-state index in [0.717, 1.165) is 0 Å². The molecule has 0 amide bonds. The first kappa shape index (κ1) is 15.1. The fourth-order valence-corrected chi connectivity index (χ4v) is 2.39. The SMILES string of the molecule is CC1OCC(O)C(CO[Si](C)(C)C(C)(C)C)O1. The summed E-state index contributed by atoms with van der Waals surface area (Å²) in [5.41, 5.74) is 0. The molecule has 0 aromatic carbocycles. The number of aliphatic hydroxyl groups is 1. The third-order valence-electron chi connectivity index (χ3n) is 3.71. The van der Waals surface area contributed by atoms with E-state index >= 15 is 0 Å². The largest absolute Gasteiger partial charge is 0.414 e. The highest BCUT2D eigenvalue weighted by Gasteiger charge is 2.39. The monoisotopic (exact) mass is 262 g/mol. The Morgan fingerprint density at radius 3 is 2.47 bits per heavy atom. The Kier molecular flexibility index (Phi) is 4.77. The summed E-state index contributed by atoms with van der Waals surface area (Å²) in [6.07, 6.45) is -1.12. The highest BCUT2D eigenvalue weighted by Crippen LogP contribution is 2.36. The van der Waals surface area contributed by atoms with Crippen LogP contribution in [0.25, 0.3) is 0 Å². The number of rotatable bonds is 3. The Morgan fingerprint density at radius 1 is 1.35 bits per heavy atom. The van der Waals surface area contributed by atoms with E-state index in [1.165, 1.54) is 0 Å². The molecule has 0 spiro atoms. The smallest absolute Gasteiger partial charge is 0.192 e. The fraction of sp³-hybridized carbons (Fsp3) is 1.00. The maximum absolute atomic E-state index is 9.77. The summed E-state index contributed by atoms with van der Waals surface area (Å²) in [5, 5.41) is 9.95. The van der Waals surface area contributed by atoms with Gasteiger partial charge in [0.15, 0.2) is 14.6 Å². The van der Waals surface area contributed by atoms with Crippen molar-refractivity contribution in [3.05, 3.63) is 0 Å². The molecule has 4 nitrogen and oxygen atoms in total. The van der Waals surface area contributed by atoms with Crippen LogP contribution in [0, 0.1) is 0 Å². The third-order valence-corrected chi connectivity index (χ3v) is 8.21. The van der Waals surface area contributed by atoms with Crippen LogP contribution < -0.4 is 0 Å². The molecule has 0 bridgehead atoms. The minimum absolute atomic E-state index is 0.175. The molecule has 0 aromatic heterocycles. The van der Waals surface area contributed by atoms with Gasteiger partial charge in [0.05, 0.1) is 13.2 Å². The second kappa shape index (κ2) is 5.36. The number of aliphatic hydroxyl groups excluding tert-OH is 1. The van der Waals surface area contributed by atoms with Crippen molar-refractivity contribution in [2.24, 2.45) is 0 Å². The molecule has 1 saturated heterocycles. The molecule has 1 fully saturated rings. The van der Waals surface area contributed by atoms with Gasteiger partial charge in [-0.1, -0.05) is 20.8 Å². The first-order valence-corrected chi connectivity index (χ1v) is 9.13. The van der Waals surface area contributed by atoms with Crippen molar-refractivity contribution in [3.8, 4) is 0 Å². The highest BCUT2D eigenvalue weighted by molar-refractivity contribution is 6.74. The summed E-state index contributed by atoms with van der Waals surface area (Å²) in [4.78, 5) is 0. The molecule has 0 radical (unpaired) electrons. The summed E-state index contributed by atoms with van der Waals surface area (Å²) < 4.78 is 16.8. The molecule has 1 N–H and O–H groups in total. The van der Waals surface area contributed by atoms with Crippen LogP contribution in [0.3, 0.4) is 0 Å².